The van der Waals surface area contributed by atoms with E-state index in [1.165, 1.54) is 63.4 Å². The number of unbranched alkanes of at least 4 members (excludes halogenated alkanes) is 6. The van der Waals surface area contributed by atoms with Gasteiger partial charge in [-0.05, 0) is 11.8 Å². The molecule has 0 nitrogen and oxygen atoms in total. The van der Waals surface area contributed by atoms with Crippen LogP contribution < -0.4 is 0 Å². The fourth-order valence-corrected chi connectivity index (χ4v) is 2.77. The first-order valence-electron chi connectivity index (χ1n) is 9.45. The second-order valence-electron chi connectivity index (χ2n) is 7.79. The SMILES string of the molecule is CC(C)(C)CCCCCCCCCc1ccc[cH-]1.[Fe+2].c1cc[cH-]c1. The Bertz CT molecular complexity index is 414. The van der Waals surface area contributed by atoms with E-state index < -0.39 is 0 Å². The van der Waals surface area contributed by atoms with Crippen LogP contribution in [0.25, 0.3) is 0 Å². The molecule has 0 radical (unpaired) electrons. The van der Waals surface area contributed by atoms with Crippen molar-refractivity contribution in [3.05, 3.63) is 60.2 Å². The Morgan fingerprint density at radius 3 is 1.79 bits per heavy atom. The van der Waals surface area contributed by atoms with Crippen LogP contribution in [0.2, 0.25) is 0 Å². The van der Waals surface area contributed by atoms with Crippen LogP contribution in [0.5, 0.6) is 0 Å². The monoisotopic (exact) mass is 368 g/mol. The van der Waals surface area contributed by atoms with Gasteiger partial charge in [0.05, 0.1) is 0 Å². The molecule has 24 heavy (non-hydrogen) atoms. The fraction of sp³-hybridized carbons (Fsp3) is 0.565. The van der Waals surface area contributed by atoms with Gasteiger partial charge in [0.15, 0.2) is 0 Å². The van der Waals surface area contributed by atoms with Crippen molar-refractivity contribution in [1.82, 2.24) is 0 Å². The van der Waals surface area contributed by atoms with E-state index in [0.29, 0.717) is 5.41 Å². The van der Waals surface area contributed by atoms with Gasteiger partial charge in [0.2, 0.25) is 0 Å². The molecule has 2 aromatic rings. The second kappa shape index (κ2) is 14.6. The maximum absolute atomic E-state index is 2.34. The predicted octanol–water partition coefficient (Wildman–Crippen LogP) is 7.52. The van der Waals surface area contributed by atoms with Gasteiger partial charge in [-0.2, -0.15) is 35.9 Å². The Labute approximate surface area is 161 Å². The van der Waals surface area contributed by atoms with Gasteiger partial charge < -0.3 is 0 Å². The van der Waals surface area contributed by atoms with Crippen LogP contribution in [0.3, 0.4) is 0 Å². The molecule has 0 fully saturated rings. The van der Waals surface area contributed by atoms with Gasteiger partial charge in [-0.15, -0.1) is 0 Å². The van der Waals surface area contributed by atoms with Gasteiger partial charge in [0.25, 0.3) is 0 Å². The molecule has 0 aliphatic carbocycles. The minimum absolute atomic E-state index is 0. The molecule has 0 aliphatic rings. The molecule has 2 rings (SSSR count). The van der Waals surface area contributed by atoms with Crippen LogP contribution in [0.4, 0.5) is 0 Å². The molecule has 0 N–H and O–H groups in total. The first-order valence-corrected chi connectivity index (χ1v) is 9.45. The third-order valence-corrected chi connectivity index (χ3v) is 4.18. The molecule has 0 aliphatic heterocycles. The van der Waals surface area contributed by atoms with Crippen molar-refractivity contribution < 1.29 is 17.1 Å². The van der Waals surface area contributed by atoms with Crippen LogP contribution in [-0.2, 0) is 23.5 Å². The van der Waals surface area contributed by atoms with E-state index in [4.69, 9.17) is 0 Å². The van der Waals surface area contributed by atoms with Crippen molar-refractivity contribution in [2.24, 2.45) is 5.41 Å². The molecule has 0 saturated heterocycles. The van der Waals surface area contributed by atoms with E-state index in [1.54, 1.807) is 0 Å². The fourth-order valence-electron chi connectivity index (χ4n) is 2.77. The summed E-state index contributed by atoms with van der Waals surface area (Å²) in [5.74, 6) is 0. The molecule has 0 amide bonds. The number of hydrogen-bond acceptors (Lipinski definition) is 0. The quantitative estimate of drug-likeness (QED) is 0.244. The Balaban J connectivity index is 0.000000751. The molecule has 0 unspecified atom stereocenters. The largest absolute Gasteiger partial charge is 2.00 e. The van der Waals surface area contributed by atoms with Gasteiger partial charge in [0, 0.05) is 0 Å². The van der Waals surface area contributed by atoms with Crippen molar-refractivity contribution in [3.63, 3.8) is 0 Å². The van der Waals surface area contributed by atoms with Crippen LogP contribution in [0.15, 0.2) is 54.6 Å². The summed E-state index contributed by atoms with van der Waals surface area (Å²) in [6.45, 7) is 7.03. The van der Waals surface area contributed by atoms with E-state index in [0.717, 1.165) is 0 Å². The van der Waals surface area contributed by atoms with Gasteiger partial charge in [0.1, 0.15) is 0 Å². The molecule has 1 heteroatoms. The van der Waals surface area contributed by atoms with Crippen molar-refractivity contribution in [2.45, 2.75) is 78.6 Å². The van der Waals surface area contributed by atoms with Crippen molar-refractivity contribution in [2.75, 3.05) is 0 Å². The van der Waals surface area contributed by atoms with E-state index in [2.05, 4.69) is 45.0 Å². The molecule has 0 spiro atoms. The van der Waals surface area contributed by atoms with Gasteiger partial charge in [-0.3, -0.25) is 0 Å². The summed E-state index contributed by atoms with van der Waals surface area (Å²) in [7, 11) is 0. The molecule has 136 valence electrons. The summed E-state index contributed by atoms with van der Waals surface area (Å²) in [6, 6.07) is 18.8. The van der Waals surface area contributed by atoms with Crippen molar-refractivity contribution in [3.8, 4) is 0 Å². The summed E-state index contributed by atoms with van der Waals surface area (Å²) in [6.07, 6.45) is 12.6. The van der Waals surface area contributed by atoms with Crippen LogP contribution >= 0.6 is 0 Å². The first-order chi connectivity index (χ1) is 11.1. The summed E-state index contributed by atoms with van der Waals surface area (Å²) in [4.78, 5) is 0. The minimum Gasteiger partial charge on any atom is -0.214 e. The van der Waals surface area contributed by atoms with Gasteiger partial charge >= 0.3 is 17.1 Å². The third-order valence-electron chi connectivity index (χ3n) is 4.18. The minimum atomic E-state index is 0. The topological polar surface area (TPSA) is 0 Å². The Morgan fingerprint density at radius 1 is 0.750 bits per heavy atom. The molecule has 2 aromatic carbocycles. The molecule has 0 saturated carbocycles. The van der Waals surface area contributed by atoms with Gasteiger partial charge in [-0.1, -0.05) is 72.1 Å². The zero-order valence-corrected chi connectivity index (χ0v) is 17.0. The van der Waals surface area contributed by atoms with Crippen LogP contribution in [-0.4, -0.2) is 0 Å². The summed E-state index contributed by atoms with van der Waals surface area (Å²) in [5, 5.41) is 0. The van der Waals surface area contributed by atoms with E-state index in [9.17, 15) is 0 Å². The summed E-state index contributed by atoms with van der Waals surface area (Å²) in [5.41, 5.74) is 2.04. The average Bonchev–Trinajstić information content (AvgIpc) is 3.20. The Kier molecular flexibility index (Phi) is 14.1. The van der Waals surface area contributed by atoms with Crippen molar-refractivity contribution in [1.29, 1.82) is 0 Å². The van der Waals surface area contributed by atoms with E-state index in [1.807, 2.05) is 30.3 Å². The maximum Gasteiger partial charge on any atom is 2.00 e. The molecule has 0 atom stereocenters. The van der Waals surface area contributed by atoms with Crippen LogP contribution in [0, 0.1) is 5.41 Å². The molecule has 0 bridgehead atoms. The predicted molar refractivity (Wildman–Crippen MR) is 104 cm³/mol. The van der Waals surface area contributed by atoms with Gasteiger partial charge in [-0.25, -0.2) is 24.3 Å². The molecule has 0 heterocycles. The number of hydrogen-bond donors (Lipinski definition) is 0. The second-order valence-corrected chi connectivity index (χ2v) is 7.79. The maximum atomic E-state index is 2.34. The third kappa shape index (κ3) is 14.8. The van der Waals surface area contributed by atoms with Crippen LogP contribution in [0.1, 0.15) is 77.7 Å². The normalized spacial score (nSPS) is 10.6. The Morgan fingerprint density at radius 2 is 1.33 bits per heavy atom. The summed E-state index contributed by atoms with van der Waals surface area (Å²) >= 11 is 0. The number of aryl methyl sites for hydroxylation is 1. The molecular weight excluding hydrogens is 332 g/mol. The molecule has 0 aromatic heterocycles. The first kappa shape index (κ1) is 23.2. The zero-order valence-electron chi connectivity index (χ0n) is 15.9. The van der Waals surface area contributed by atoms with E-state index >= 15 is 0 Å². The average molecular weight is 368 g/mol. The smallest absolute Gasteiger partial charge is 0.214 e. The van der Waals surface area contributed by atoms with E-state index in [-0.39, 0.29) is 17.1 Å². The number of rotatable bonds is 9. The summed E-state index contributed by atoms with van der Waals surface area (Å²) < 4.78 is 0. The standard InChI is InChI=1S/C18H31.C5H5.Fe/c1-18(2,3)16-12-8-6-4-5-7-9-13-17-14-10-11-15-17;1-2-4-5-3-1;/h10-11,14-15H,4-9,12-13,16H2,1-3H3;1-5H;/q2*-1;+2. The zero-order chi connectivity index (χ0) is 16.8. The molecular formula is C23H36Fe. The Hall–Kier alpha value is -0.781. The van der Waals surface area contributed by atoms with Crippen molar-refractivity contribution >= 4 is 0 Å².